The number of anilines is 2. The standard InChI is InChI=1S/C14H11N3O/c15-9-10-5-7-11(8-6-10)17-14(18)12-3-1-2-4-13(12)16/h1-8H,16H2,(H,17,18). The first-order valence-corrected chi connectivity index (χ1v) is 5.37. The molecular weight excluding hydrogens is 226 g/mol. The van der Waals surface area contributed by atoms with Gasteiger partial charge in [-0.2, -0.15) is 5.26 Å². The quantitative estimate of drug-likeness (QED) is 0.787. The van der Waals surface area contributed by atoms with Gasteiger partial charge in [0.15, 0.2) is 0 Å². The van der Waals surface area contributed by atoms with Crippen LogP contribution in [-0.4, -0.2) is 5.91 Å². The predicted molar refractivity (Wildman–Crippen MR) is 70.0 cm³/mol. The first-order chi connectivity index (χ1) is 8.70. The molecule has 2 rings (SSSR count). The molecule has 0 unspecified atom stereocenters. The fraction of sp³-hybridized carbons (Fsp3) is 0. The Labute approximate surface area is 105 Å². The molecule has 3 N–H and O–H groups in total. The molecule has 0 fully saturated rings. The largest absolute Gasteiger partial charge is 0.398 e. The zero-order valence-electron chi connectivity index (χ0n) is 9.55. The Balaban J connectivity index is 2.17. The topological polar surface area (TPSA) is 78.9 Å². The van der Waals surface area contributed by atoms with Crippen molar-refractivity contribution in [3.05, 3.63) is 59.7 Å². The average Bonchev–Trinajstić information content (AvgIpc) is 2.40. The van der Waals surface area contributed by atoms with Crippen LogP contribution in [0.15, 0.2) is 48.5 Å². The van der Waals surface area contributed by atoms with E-state index in [1.165, 1.54) is 0 Å². The molecule has 0 radical (unpaired) electrons. The van der Waals surface area contributed by atoms with Crippen molar-refractivity contribution in [1.82, 2.24) is 0 Å². The fourth-order valence-electron chi connectivity index (χ4n) is 1.53. The summed E-state index contributed by atoms with van der Waals surface area (Å²) in [5, 5.41) is 11.4. The highest BCUT2D eigenvalue weighted by Gasteiger charge is 2.08. The second kappa shape index (κ2) is 5.02. The molecule has 0 aliphatic rings. The predicted octanol–water partition coefficient (Wildman–Crippen LogP) is 2.39. The lowest BCUT2D eigenvalue weighted by molar-refractivity contribution is 0.102. The number of benzene rings is 2. The van der Waals surface area contributed by atoms with Gasteiger partial charge in [0.05, 0.1) is 17.2 Å². The smallest absolute Gasteiger partial charge is 0.257 e. The molecule has 0 spiro atoms. The molecule has 18 heavy (non-hydrogen) atoms. The number of nitrogens with zero attached hydrogens (tertiary/aromatic N) is 1. The molecule has 4 nitrogen and oxygen atoms in total. The van der Waals surface area contributed by atoms with E-state index in [1.54, 1.807) is 48.5 Å². The summed E-state index contributed by atoms with van der Waals surface area (Å²) in [5.74, 6) is -0.266. The van der Waals surface area contributed by atoms with Crippen molar-refractivity contribution in [3.8, 4) is 6.07 Å². The molecule has 4 heteroatoms. The molecule has 2 aromatic carbocycles. The number of nitrogen functional groups attached to an aromatic ring is 1. The lowest BCUT2D eigenvalue weighted by atomic mass is 10.1. The number of nitrogens with two attached hydrogens (primary N) is 1. The second-order valence-electron chi connectivity index (χ2n) is 3.73. The van der Waals surface area contributed by atoms with Crippen molar-refractivity contribution >= 4 is 17.3 Å². The normalized spacial score (nSPS) is 9.50. The summed E-state index contributed by atoms with van der Waals surface area (Å²) < 4.78 is 0. The highest BCUT2D eigenvalue weighted by atomic mass is 16.1. The number of amides is 1. The van der Waals surface area contributed by atoms with Gasteiger partial charge in [-0.05, 0) is 36.4 Å². The van der Waals surface area contributed by atoms with Gasteiger partial charge in [-0.3, -0.25) is 4.79 Å². The third-order valence-corrected chi connectivity index (χ3v) is 2.48. The van der Waals surface area contributed by atoms with Crippen LogP contribution in [0.25, 0.3) is 0 Å². The Morgan fingerprint density at radius 3 is 2.39 bits per heavy atom. The van der Waals surface area contributed by atoms with E-state index in [-0.39, 0.29) is 5.91 Å². The van der Waals surface area contributed by atoms with Crippen molar-refractivity contribution in [3.63, 3.8) is 0 Å². The van der Waals surface area contributed by atoms with Crippen molar-refractivity contribution in [1.29, 1.82) is 5.26 Å². The minimum absolute atomic E-state index is 0.266. The van der Waals surface area contributed by atoms with E-state index in [4.69, 9.17) is 11.0 Å². The Kier molecular flexibility index (Phi) is 3.26. The Bertz CT molecular complexity index is 612. The third kappa shape index (κ3) is 2.47. The summed E-state index contributed by atoms with van der Waals surface area (Å²) >= 11 is 0. The van der Waals surface area contributed by atoms with Gasteiger partial charge < -0.3 is 11.1 Å². The number of rotatable bonds is 2. The fourth-order valence-corrected chi connectivity index (χ4v) is 1.53. The van der Waals surface area contributed by atoms with Crippen LogP contribution >= 0.6 is 0 Å². The summed E-state index contributed by atoms with van der Waals surface area (Å²) in [6.45, 7) is 0. The van der Waals surface area contributed by atoms with E-state index in [1.807, 2.05) is 6.07 Å². The van der Waals surface area contributed by atoms with Gasteiger partial charge in [-0.1, -0.05) is 12.1 Å². The lowest BCUT2D eigenvalue weighted by Gasteiger charge is -2.07. The monoisotopic (exact) mass is 237 g/mol. The Hall–Kier alpha value is -2.80. The molecule has 1 amide bonds. The van der Waals surface area contributed by atoms with Gasteiger partial charge in [0.25, 0.3) is 5.91 Å². The number of carbonyl (C=O) groups excluding carboxylic acids is 1. The van der Waals surface area contributed by atoms with Gasteiger partial charge in [0, 0.05) is 11.4 Å². The summed E-state index contributed by atoms with van der Waals surface area (Å²) in [7, 11) is 0. The highest BCUT2D eigenvalue weighted by molar-refractivity contribution is 6.07. The van der Waals surface area contributed by atoms with Crippen LogP contribution in [0.5, 0.6) is 0 Å². The average molecular weight is 237 g/mol. The lowest BCUT2D eigenvalue weighted by Crippen LogP contribution is -2.13. The Morgan fingerprint density at radius 2 is 1.78 bits per heavy atom. The minimum atomic E-state index is -0.266. The van der Waals surface area contributed by atoms with Gasteiger partial charge >= 0.3 is 0 Å². The van der Waals surface area contributed by atoms with Crippen molar-refractivity contribution < 1.29 is 4.79 Å². The van der Waals surface area contributed by atoms with Crippen LogP contribution in [-0.2, 0) is 0 Å². The summed E-state index contributed by atoms with van der Waals surface area (Å²) in [6.07, 6.45) is 0. The number of carbonyl (C=O) groups is 1. The van der Waals surface area contributed by atoms with E-state index >= 15 is 0 Å². The molecule has 0 saturated carbocycles. The van der Waals surface area contributed by atoms with Crippen molar-refractivity contribution in [2.24, 2.45) is 0 Å². The summed E-state index contributed by atoms with van der Waals surface area (Å²) in [6, 6.07) is 15.5. The molecule has 88 valence electrons. The molecule has 0 atom stereocenters. The van der Waals surface area contributed by atoms with Crippen LogP contribution in [0, 0.1) is 11.3 Å². The maximum atomic E-state index is 11.9. The molecule has 2 aromatic rings. The Morgan fingerprint density at radius 1 is 1.11 bits per heavy atom. The minimum Gasteiger partial charge on any atom is -0.398 e. The van der Waals surface area contributed by atoms with Gasteiger partial charge in [0.1, 0.15) is 0 Å². The van der Waals surface area contributed by atoms with E-state index in [0.717, 1.165) is 0 Å². The maximum absolute atomic E-state index is 11.9. The van der Waals surface area contributed by atoms with E-state index in [2.05, 4.69) is 5.32 Å². The van der Waals surface area contributed by atoms with Crippen molar-refractivity contribution in [2.75, 3.05) is 11.1 Å². The first-order valence-electron chi connectivity index (χ1n) is 5.37. The molecule has 0 heterocycles. The van der Waals surface area contributed by atoms with Crippen molar-refractivity contribution in [2.45, 2.75) is 0 Å². The maximum Gasteiger partial charge on any atom is 0.257 e. The molecule has 0 aromatic heterocycles. The summed E-state index contributed by atoms with van der Waals surface area (Å²) in [5.41, 5.74) is 7.76. The van der Waals surface area contributed by atoms with Crippen LogP contribution < -0.4 is 11.1 Å². The molecule has 0 bridgehead atoms. The first kappa shape index (κ1) is 11.7. The number of nitrogens with one attached hydrogen (secondary N) is 1. The molecular formula is C14H11N3O. The number of hydrogen-bond acceptors (Lipinski definition) is 3. The van der Waals surface area contributed by atoms with Crippen LogP contribution in [0.4, 0.5) is 11.4 Å². The van der Waals surface area contributed by atoms with Crippen LogP contribution in [0.2, 0.25) is 0 Å². The summed E-state index contributed by atoms with van der Waals surface area (Å²) in [4.78, 5) is 11.9. The number of para-hydroxylation sites is 1. The van der Waals surface area contributed by atoms with Crippen LogP contribution in [0.3, 0.4) is 0 Å². The van der Waals surface area contributed by atoms with E-state index in [9.17, 15) is 4.79 Å². The molecule has 0 saturated heterocycles. The van der Waals surface area contributed by atoms with Crippen LogP contribution in [0.1, 0.15) is 15.9 Å². The van der Waals surface area contributed by atoms with E-state index in [0.29, 0.717) is 22.5 Å². The zero-order valence-corrected chi connectivity index (χ0v) is 9.55. The highest BCUT2D eigenvalue weighted by Crippen LogP contribution is 2.14. The van der Waals surface area contributed by atoms with Gasteiger partial charge in [-0.15, -0.1) is 0 Å². The zero-order chi connectivity index (χ0) is 13.0. The second-order valence-corrected chi connectivity index (χ2v) is 3.73. The van der Waals surface area contributed by atoms with Gasteiger partial charge in [0.2, 0.25) is 0 Å². The third-order valence-electron chi connectivity index (χ3n) is 2.48. The number of nitriles is 1. The molecule has 0 aliphatic carbocycles. The van der Waals surface area contributed by atoms with Gasteiger partial charge in [-0.25, -0.2) is 0 Å². The SMILES string of the molecule is N#Cc1ccc(NC(=O)c2ccccc2N)cc1. The molecule has 0 aliphatic heterocycles. The number of hydrogen-bond donors (Lipinski definition) is 2. The van der Waals surface area contributed by atoms with E-state index < -0.39 is 0 Å².